The van der Waals surface area contributed by atoms with E-state index in [4.69, 9.17) is 9.47 Å². The van der Waals surface area contributed by atoms with E-state index >= 15 is 0 Å². The van der Waals surface area contributed by atoms with Crippen LogP contribution in [0, 0.1) is 5.92 Å². The Labute approximate surface area is 176 Å². The van der Waals surface area contributed by atoms with Crippen molar-refractivity contribution in [3.8, 4) is 17.1 Å². The summed E-state index contributed by atoms with van der Waals surface area (Å²) in [7, 11) is 1.61. The third-order valence-electron chi connectivity index (χ3n) is 4.75. The number of benzene rings is 1. The fraction of sp³-hybridized carbons (Fsp3) is 0.524. The summed E-state index contributed by atoms with van der Waals surface area (Å²) in [5.41, 5.74) is 0.296. The van der Waals surface area contributed by atoms with Crippen molar-refractivity contribution in [2.24, 2.45) is 5.92 Å². The molecule has 2 heterocycles. The zero-order valence-electron chi connectivity index (χ0n) is 17.9. The number of piperidine rings is 1. The highest BCUT2D eigenvalue weighted by atomic mass is 16.6. The smallest absolute Gasteiger partial charge is 0.410 e. The normalized spacial score (nSPS) is 16.8. The summed E-state index contributed by atoms with van der Waals surface area (Å²) in [5, 5.41) is 9.94. The predicted octanol–water partition coefficient (Wildman–Crippen LogP) is 2.74. The molecule has 2 amide bonds. The minimum Gasteiger partial charge on any atom is -0.497 e. The fourth-order valence-electron chi connectivity index (χ4n) is 3.24. The summed E-state index contributed by atoms with van der Waals surface area (Å²) < 4.78 is 10.6. The number of H-pyrrole nitrogens is 1. The molecule has 9 heteroatoms. The van der Waals surface area contributed by atoms with Crippen LogP contribution >= 0.6 is 0 Å². The zero-order valence-corrected chi connectivity index (χ0v) is 17.9. The molecule has 0 bridgehead atoms. The van der Waals surface area contributed by atoms with Gasteiger partial charge in [0.05, 0.1) is 19.6 Å². The average molecular weight is 415 g/mol. The largest absolute Gasteiger partial charge is 0.497 e. The minimum absolute atomic E-state index is 0.106. The fourth-order valence-corrected chi connectivity index (χ4v) is 3.24. The summed E-state index contributed by atoms with van der Waals surface area (Å²) in [4.78, 5) is 30.9. The van der Waals surface area contributed by atoms with Crippen LogP contribution in [-0.4, -0.2) is 57.9 Å². The Hall–Kier alpha value is -3.10. The van der Waals surface area contributed by atoms with Crippen LogP contribution in [-0.2, 0) is 16.1 Å². The molecular formula is C21H29N5O4. The Morgan fingerprint density at radius 1 is 1.27 bits per heavy atom. The molecule has 1 aromatic heterocycles. The standard InChI is InChI=1S/C21H29N5O4/c1-21(2,3)30-20(28)26-11-5-6-15(13-26)19(27)22-12-17-23-18(25-24-17)14-7-9-16(29-4)10-8-14/h7-10,15H,5-6,11-13H2,1-4H3,(H,22,27)(H,23,24,25). The highest BCUT2D eigenvalue weighted by molar-refractivity contribution is 5.80. The Kier molecular flexibility index (Phi) is 6.59. The maximum absolute atomic E-state index is 12.6. The molecule has 1 aliphatic rings. The number of likely N-dealkylation sites (tertiary alicyclic amines) is 1. The third-order valence-corrected chi connectivity index (χ3v) is 4.75. The van der Waals surface area contributed by atoms with Gasteiger partial charge in [-0.1, -0.05) is 0 Å². The lowest BCUT2D eigenvalue weighted by atomic mass is 9.97. The van der Waals surface area contributed by atoms with Crippen LogP contribution in [0.3, 0.4) is 0 Å². The van der Waals surface area contributed by atoms with Crippen molar-refractivity contribution < 1.29 is 19.1 Å². The number of nitrogens with one attached hydrogen (secondary N) is 2. The summed E-state index contributed by atoms with van der Waals surface area (Å²) in [6.45, 7) is 6.69. The first-order chi connectivity index (χ1) is 14.2. The summed E-state index contributed by atoms with van der Waals surface area (Å²) >= 11 is 0. The third kappa shape index (κ3) is 5.71. The number of nitrogens with zero attached hydrogens (tertiary/aromatic N) is 3. The van der Waals surface area contributed by atoms with E-state index in [9.17, 15) is 9.59 Å². The van der Waals surface area contributed by atoms with Crippen LogP contribution in [0.4, 0.5) is 4.79 Å². The van der Waals surface area contributed by atoms with E-state index in [1.807, 2.05) is 45.0 Å². The first-order valence-electron chi connectivity index (χ1n) is 10.1. The Morgan fingerprint density at radius 3 is 2.67 bits per heavy atom. The van der Waals surface area contributed by atoms with Gasteiger partial charge in [-0.25, -0.2) is 9.78 Å². The SMILES string of the molecule is COc1ccc(-c2n[nH]c(CNC(=O)C3CCCN(C(=O)OC(C)(C)C)C3)n2)cc1. The number of rotatable bonds is 5. The van der Waals surface area contributed by atoms with Crippen molar-refractivity contribution in [2.45, 2.75) is 45.8 Å². The van der Waals surface area contributed by atoms with E-state index in [-0.39, 0.29) is 24.5 Å². The molecule has 1 saturated heterocycles. The minimum atomic E-state index is -0.555. The molecule has 162 valence electrons. The lowest BCUT2D eigenvalue weighted by Crippen LogP contribution is -2.47. The van der Waals surface area contributed by atoms with E-state index in [0.717, 1.165) is 24.2 Å². The van der Waals surface area contributed by atoms with Gasteiger partial charge in [-0.3, -0.25) is 9.89 Å². The molecular weight excluding hydrogens is 386 g/mol. The number of aromatic amines is 1. The lowest BCUT2D eigenvalue weighted by molar-refractivity contribution is -0.126. The molecule has 1 aliphatic heterocycles. The van der Waals surface area contributed by atoms with Crippen molar-refractivity contribution in [1.82, 2.24) is 25.4 Å². The van der Waals surface area contributed by atoms with Gasteiger partial charge < -0.3 is 19.7 Å². The first-order valence-corrected chi connectivity index (χ1v) is 10.1. The molecule has 30 heavy (non-hydrogen) atoms. The topological polar surface area (TPSA) is 109 Å². The van der Waals surface area contributed by atoms with Crippen molar-refractivity contribution >= 4 is 12.0 Å². The molecule has 0 aliphatic carbocycles. The number of amides is 2. The van der Waals surface area contributed by atoms with Crippen molar-refractivity contribution in [3.63, 3.8) is 0 Å². The van der Waals surface area contributed by atoms with Crippen LogP contribution < -0.4 is 10.1 Å². The molecule has 0 spiro atoms. The van der Waals surface area contributed by atoms with E-state index in [1.54, 1.807) is 12.0 Å². The highest BCUT2D eigenvalue weighted by Crippen LogP contribution is 2.21. The maximum Gasteiger partial charge on any atom is 0.410 e. The molecule has 1 unspecified atom stereocenters. The van der Waals surface area contributed by atoms with E-state index in [2.05, 4.69) is 20.5 Å². The number of carbonyl (C=O) groups is 2. The monoisotopic (exact) mass is 415 g/mol. The molecule has 3 rings (SSSR count). The molecule has 9 nitrogen and oxygen atoms in total. The van der Waals surface area contributed by atoms with Gasteiger partial charge in [-0.15, -0.1) is 0 Å². The van der Waals surface area contributed by atoms with Crippen LogP contribution in [0.2, 0.25) is 0 Å². The highest BCUT2D eigenvalue weighted by Gasteiger charge is 2.31. The Bertz CT molecular complexity index is 872. The second kappa shape index (κ2) is 9.15. The van der Waals surface area contributed by atoms with Crippen LogP contribution in [0.15, 0.2) is 24.3 Å². The molecule has 1 aromatic carbocycles. The van der Waals surface area contributed by atoms with Gasteiger partial charge in [0, 0.05) is 18.7 Å². The molecule has 1 atom stereocenters. The van der Waals surface area contributed by atoms with Crippen molar-refractivity contribution in [1.29, 1.82) is 0 Å². The van der Waals surface area contributed by atoms with Gasteiger partial charge in [-0.2, -0.15) is 5.10 Å². The Morgan fingerprint density at radius 2 is 2.00 bits per heavy atom. The predicted molar refractivity (Wildman–Crippen MR) is 111 cm³/mol. The summed E-state index contributed by atoms with van der Waals surface area (Å²) in [6, 6.07) is 7.43. The van der Waals surface area contributed by atoms with E-state index in [1.165, 1.54) is 0 Å². The van der Waals surface area contributed by atoms with Gasteiger partial charge >= 0.3 is 6.09 Å². The molecule has 2 N–H and O–H groups in total. The van der Waals surface area contributed by atoms with Gasteiger partial charge in [-0.05, 0) is 57.9 Å². The molecule has 2 aromatic rings. The van der Waals surface area contributed by atoms with Gasteiger partial charge in [0.1, 0.15) is 17.2 Å². The number of aromatic nitrogens is 3. The van der Waals surface area contributed by atoms with Gasteiger partial charge in [0.15, 0.2) is 5.82 Å². The second-order valence-corrected chi connectivity index (χ2v) is 8.32. The number of ether oxygens (including phenoxy) is 2. The van der Waals surface area contributed by atoms with Gasteiger partial charge in [0.25, 0.3) is 0 Å². The van der Waals surface area contributed by atoms with Crippen LogP contribution in [0.1, 0.15) is 39.4 Å². The molecule has 0 saturated carbocycles. The lowest BCUT2D eigenvalue weighted by Gasteiger charge is -2.33. The maximum atomic E-state index is 12.6. The second-order valence-electron chi connectivity index (χ2n) is 8.32. The number of methoxy groups -OCH3 is 1. The van der Waals surface area contributed by atoms with Crippen molar-refractivity contribution in [3.05, 3.63) is 30.1 Å². The first kappa shape index (κ1) is 21.6. The Balaban J connectivity index is 1.52. The zero-order chi connectivity index (χ0) is 21.7. The molecule has 0 radical (unpaired) electrons. The van der Waals surface area contributed by atoms with Crippen LogP contribution in [0.25, 0.3) is 11.4 Å². The van der Waals surface area contributed by atoms with Crippen LogP contribution in [0.5, 0.6) is 5.75 Å². The number of hydrogen-bond acceptors (Lipinski definition) is 6. The number of carbonyl (C=O) groups excluding carboxylic acids is 2. The molecule has 1 fully saturated rings. The summed E-state index contributed by atoms with van der Waals surface area (Å²) in [6.07, 6.45) is 1.12. The van der Waals surface area contributed by atoms with E-state index in [0.29, 0.717) is 24.7 Å². The average Bonchev–Trinajstić information content (AvgIpc) is 3.20. The number of hydrogen-bond donors (Lipinski definition) is 2. The summed E-state index contributed by atoms with van der Waals surface area (Å²) in [5.74, 6) is 1.50. The quantitative estimate of drug-likeness (QED) is 0.777. The van der Waals surface area contributed by atoms with Crippen molar-refractivity contribution in [2.75, 3.05) is 20.2 Å². The van der Waals surface area contributed by atoms with E-state index < -0.39 is 5.60 Å². The van der Waals surface area contributed by atoms with Gasteiger partial charge in [0.2, 0.25) is 5.91 Å².